The molecular formula is C21H29N2O3+. The summed E-state index contributed by atoms with van der Waals surface area (Å²) in [5, 5.41) is 1.14. The van der Waals surface area contributed by atoms with Gasteiger partial charge in [-0.1, -0.05) is 44.7 Å². The van der Waals surface area contributed by atoms with Crippen molar-refractivity contribution in [1.82, 2.24) is 4.57 Å². The van der Waals surface area contributed by atoms with Crippen LogP contribution in [0.25, 0.3) is 10.9 Å². The highest BCUT2D eigenvalue weighted by atomic mass is 16.5. The number of carbonyl (C=O) groups excluding carboxylic acids is 2. The molecule has 0 radical (unpaired) electrons. The lowest BCUT2D eigenvalue weighted by molar-refractivity contribution is -0.402. The lowest BCUT2D eigenvalue weighted by Crippen LogP contribution is -2.66. The first kappa shape index (κ1) is 19.9. The largest absolute Gasteiger partial charge is 0.461 e. The topological polar surface area (TPSA) is 75.9 Å². The number of fused-ring (bicyclic) bond motifs is 1. The van der Waals surface area contributed by atoms with Crippen molar-refractivity contribution < 1.29 is 20.1 Å². The molecule has 5 heteroatoms. The van der Waals surface area contributed by atoms with E-state index in [9.17, 15) is 9.59 Å². The van der Waals surface area contributed by atoms with Gasteiger partial charge in [-0.15, -0.1) is 0 Å². The van der Waals surface area contributed by atoms with Crippen LogP contribution in [-0.4, -0.2) is 29.0 Å². The van der Waals surface area contributed by atoms with E-state index in [1.165, 1.54) is 6.08 Å². The van der Waals surface area contributed by atoms with E-state index in [0.29, 0.717) is 6.42 Å². The summed E-state index contributed by atoms with van der Waals surface area (Å²) in [6.07, 6.45) is 4.30. The molecule has 0 amide bonds. The third-order valence-corrected chi connectivity index (χ3v) is 4.77. The number of aromatic nitrogens is 1. The number of ketones is 1. The van der Waals surface area contributed by atoms with Crippen LogP contribution in [0.1, 0.15) is 25.8 Å². The highest BCUT2D eigenvalue weighted by molar-refractivity contribution is 5.89. The molecule has 140 valence electrons. The number of rotatable bonds is 9. The van der Waals surface area contributed by atoms with Gasteiger partial charge in [-0.3, -0.25) is 9.59 Å². The minimum absolute atomic E-state index is 0.00723. The zero-order chi connectivity index (χ0) is 19.3. The fourth-order valence-electron chi connectivity index (χ4n) is 3.19. The van der Waals surface area contributed by atoms with Crippen LogP contribution in [0.2, 0.25) is 0 Å². The van der Waals surface area contributed by atoms with E-state index in [1.54, 1.807) is 0 Å². The molecule has 0 fully saturated rings. The summed E-state index contributed by atoms with van der Waals surface area (Å²) in [4.78, 5) is 24.9. The molecule has 3 N–H and O–H groups in total. The predicted octanol–water partition coefficient (Wildman–Crippen LogP) is 2.29. The molecule has 26 heavy (non-hydrogen) atoms. The number of ether oxygens (including phenoxy) is 1. The third-order valence-electron chi connectivity index (χ3n) is 4.77. The normalized spacial score (nSPS) is 13.6. The molecule has 0 saturated heterocycles. The van der Waals surface area contributed by atoms with Crippen LogP contribution >= 0.6 is 0 Å². The lowest BCUT2D eigenvalue weighted by Gasteiger charge is -2.19. The average Bonchev–Trinajstić information content (AvgIpc) is 2.93. The van der Waals surface area contributed by atoms with Gasteiger partial charge in [-0.25, -0.2) is 0 Å². The highest BCUT2D eigenvalue weighted by Gasteiger charge is 2.30. The molecule has 1 aromatic carbocycles. The smallest absolute Gasteiger partial charge is 0.309 e. The monoisotopic (exact) mass is 357 g/mol. The van der Waals surface area contributed by atoms with Crippen molar-refractivity contribution in [3.05, 3.63) is 48.7 Å². The van der Waals surface area contributed by atoms with Gasteiger partial charge in [-0.05, 0) is 17.5 Å². The number of carbonyl (C=O) groups is 2. The minimum Gasteiger partial charge on any atom is -0.461 e. The number of Topliss-reactive ketones (excluding diaryl/α,β-unsaturated/α-hetero) is 1. The van der Waals surface area contributed by atoms with E-state index in [4.69, 9.17) is 4.74 Å². The molecule has 2 atom stereocenters. The summed E-state index contributed by atoms with van der Waals surface area (Å²) in [6, 6.07) is 7.72. The zero-order valence-corrected chi connectivity index (χ0v) is 15.9. The molecule has 0 unspecified atom stereocenters. The maximum Gasteiger partial charge on any atom is 0.309 e. The quantitative estimate of drug-likeness (QED) is 0.553. The summed E-state index contributed by atoms with van der Waals surface area (Å²) >= 11 is 0. The second-order valence-electron chi connectivity index (χ2n) is 7.12. The van der Waals surface area contributed by atoms with Gasteiger partial charge in [0.05, 0.1) is 5.92 Å². The first-order valence-electron chi connectivity index (χ1n) is 9.01. The zero-order valence-electron chi connectivity index (χ0n) is 15.9. The van der Waals surface area contributed by atoms with Crippen molar-refractivity contribution in [2.24, 2.45) is 18.9 Å². The van der Waals surface area contributed by atoms with Crippen molar-refractivity contribution in [2.45, 2.75) is 32.7 Å². The van der Waals surface area contributed by atoms with Gasteiger partial charge in [0, 0.05) is 37.0 Å². The van der Waals surface area contributed by atoms with Crippen LogP contribution in [0.5, 0.6) is 0 Å². The summed E-state index contributed by atoms with van der Waals surface area (Å²) in [5.74, 6) is -0.766. The van der Waals surface area contributed by atoms with Crippen LogP contribution in [-0.2, 0) is 27.8 Å². The number of hydrogen-bond donors (Lipinski definition) is 1. The standard InChI is InChI=1S/C21H28N2O3/c1-5-10-26-21(25)17(14(2)3)12-20(24)18(22)11-15-13-23(4)19-9-7-6-8-16(15)19/h5-9,13-14,17-18H,1,10-12,22H2,2-4H3/p+1/t17-,18+/m1/s1. The second-order valence-corrected chi connectivity index (χ2v) is 7.12. The van der Waals surface area contributed by atoms with E-state index in [-0.39, 0.29) is 30.7 Å². The van der Waals surface area contributed by atoms with Gasteiger partial charge in [0.25, 0.3) is 0 Å². The first-order chi connectivity index (χ1) is 12.3. The molecule has 2 rings (SSSR count). The number of hydrogen-bond acceptors (Lipinski definition) is 3. The summed E-state index contributed by atoms with van der Waals surface area (Å²) in [7, 11) is 2.00. The van der Waals surface area contributed by atoms with Crippen LogP contribution in [0.3, 0.4) is 0 Å². The second kappa shape index (κ2) is 8.81. The van der Waals surface area contributed by atoms with Gasteiger partial charge in [0.1, 0.15) is 12.6 Å². The van der Waals surface area contributed by atoms with Crippen LogP contribution in [0, 0.1) is 11.8 Å². The van der Waals surface area contributed by atoms with Crippen molar-refractivity contribution in [2.75, 3.05) is 6.61 Å². The maximum absolute atomic E-state index is 12.7. The molecule has 1 heterocycles. The van der Waals surface area contributed by atoms with Crippen molar-refractivity contribution in [3.63, 3.8) is 0 Å². The Labute approximate surface area is 154 Å². The van der Waals surface area contributed by atoms with Gasteiger partial charge < -0.3 is 15.0 Å². The van der Waals surface area contributed by atoms with E-state index < -0.39 is 12.0 Å². The maximum atomic E-state index is 12.7. The average molecular weight is 357 g/mol. The van der Waals surface area contributed by atoms with Gasteiger partial charge in [-0.2, -0.15) is 0 Å². The lowest BCUT2D eigenvalue weighted by atomic mass is 9.88. The van der Waals surface area contributed by atoms with Crippen LogP contribution in [0.4, 0.5) is 0 Å². The summed E-state index contributed by atoms with van der Waals surface area (Å²) in [5.41, 5.74) is 6.29. The van der Waals surface area contributed by atoms with Gasteiger partial charge in [0.2, 0.25) is 0 Å². The number of nitrogens with zero attached hydrogens (tertiary/aromatic N) is 1. The number of benzene rings is 1. The molecule has 0 aliphatic rings. The Hall–Kier alpha value is -2.40. The Morgan fingerprint density at radius 3 is 2.65 bits per heavy atom. The Balaban J connectivity index is 2.08. The van der Waals surface area contributed by atoms with E-state index in [2.05, 4.69) is 35.2 Å². The highest BCUT2D eigenvalue weighted by Crippen LogP contribution is 2.23. The summed E-state index contributed by atoms with van der Waals surface area (Å²) in [6.45, 7) is 7.56. The number of para-hydroxylation sites is 1. The molecule has 0 saturated carbocycles. The summed E-state index contributed by atoms with van der Waals surface area (Å²) < 4.78 is 7.20. The van der Waals surface area contributed by atoms with Crippen molar-refractivity contribution in [3.8, 4) is 0 Å². The van der Waals surface area contributed by atoms with Gasteiger partial charge in [0.15, 0.2) is 5.78 Å². The fraction of sp³-hybridized carbons (Fsp3) is 0.429. The predicted molar refractivity (Wildman–Crippen MR) is 102 cm³/mol. The van der Waals surface area contributed by atoms with Crippen molar-refractivity contribution in [1.29, 1.82) is 0 Å². The molecule has 0 aliphatic carbocycles. The molecular weight excluding hydrogens is 328 g/mol. The number of quaternary nitrogens is 1. The molecule has 5 nitrogen and oxygen atoms in total. The Morgan fingerprint density at radius 1 is 1.31 bits per heavy atom. The van der Waals surface area contributed by atoms with Crippen LogP contribution < -0.4 is 5.73 Å². The van der Waals surface area contributed by atoms with E-state index in [0.717, 1.165) is 16.5 Å². The van der Waals surface area contributed by atoms with Crippen molar-refractivity contribution >= 4 is 22.7 Å². The molecule has 1 aromatic heterocycles. The Morgan fingerprint density at radius 2 is 2.00 bits per heavy atom. The third kappa shape index (κ3) is 4.61. The molecule has 0 spiro atoms. The van der Waals surface area contributed by atoms with E-state index >= 15 is 0 Å². The molecule has 0 bridgehead atoms. The van der Waals surface area contributed by atoms with Crippen LogP contribution in [0.15, 0.2) is 43.1 Å². The minimum atomic E-state index is -0.445. The van der Waals surface area contributed by atoms with E-state index in [1.807, 2.05) is 33.0 Å². The molecule has 2 aromatic rings. The molecule has 0 aliphatic heterocycles. The fourth-order valence-corrected chi connectivity index (χ4v) is 3.19. The Bertz CT molecular complexity index is 792. The number of esters is 1. The first-order valence-corrected chi connectivity index (χ1v) is 9.01. The number of aryl methyl sites for hydroxylation is 1. The van der Waals surface area contributed by atoms with Gasteiger partial charge >= 0.3 is 5.97 Å². The SMILES string of the molecule is C=CCOC(=O)[C@H](CC(=O)[C@@H]([NH3+])Cc1cn(C)c2ccccc12)C(C)C. The Kier molecular flexibility index (Phi) is 6.75.